The Morgan fingerprint density at radius 2 is 0.816 bits per heavy atom. The lowest BCUT2D eigenvalue weighted by molar-refractivity contribution is -0.709. The highest BCUT2D eigenvalue weighted by atomic mass is 16.2. The molecular formula is C30H44N4O4+2. The molecule has 0 bridgehead atoms. The van der Waals surface area contributed by atoms with Gasteiger partial charge in [-0.25, -0.2) is 9.80 Å². The number of imide groups is 2. The van der Waals surface area contributed by atoms with Gasteiger partial charge in [-0.3, -0.25) is 19.2 Å². The number of hydrogen-bond acceptors (Lipinski definition) is 4. The maximum atomic E-state index is 13.2. The van der Waals surface area contributed by atoms with Crippen LogP contribution in [0.25, 0.3) is 0 Å². The van der Waals surface area contributed by atoms with Crippen LogP contribution in [0.4, 0.5) is 11.4 Å². The van der Waals surface area contributed by atoms with Crippen LogP contribution in [0, 0.1) is 0 Å². The van der Waals surface area contributed by atoms with E-state index < -0.39 is 0 Å². The minimum atomic E-state index is -0.363. The molecule has 4 aliphatic rings. The normalized spacial score (nSPS) is 26.9. The molecule has 4 amide bonds. The van der Waals surface area contributed by atoms with Crippen molar-refractivity contribution in [2.75, 3.05) is 9.80 Å². The number of quaternary nitrogens is 2. The van der Waals surface area contributed by atoms with Gasteiger partial charge in [0.25, 0.3) is 11.8 Å². The molecule has 2 saturated heterocycles. The van der Waals surface area contributed by atoms with Crippen LogP contribution in [-0.4, -0.2) is 47.8 Å². The van der Waals surface area contributed by atoms with E-state index in [1.165, 1.54) is 74.0 Å². The van der Waals surface area contributed by atoms with E-state index in [0.717, 1.165) is 25.7 Å². The molecule has 38 heavy (non-hydrogen) atoms. The maximum absolute atomic E-state index is 13.2. The molecule has 2 heterocycles. The molecule has 1 aromatic rings. The molecule has 0 aromatic heterocycles. The number of carbonyl (C=O) groups is 4. The van der Waals surface area contributed by atoms with E-state index in [1.807, 2.05) is 0 Å². The Hall–Kier alpha value is -2.58. The number of carbonyl (C=O) groups excluding carboxylic acids is 4. The van der Waals surface area contributed by atoms with Crippen molar-refractivity contribution >= 4 is 35.0 Å². The summed E-state index contributed by atoms with van der Waals surface area (Å²) in [5.74, 6) is -0.687. The summed E-state index contributed by atoms with van der Waals surface area (Å²) in [4.78, 5) is 54.7. The Bertz CT molecular complexity index is 929. The van der Waals surface area contributed by atoms with Gasteiger partial charge >= 0.3 is 0 Å². The third-order valence-electron chi connectivity index (χ3n) is 9.04. The molecule has 8 heteroatoms. The first-order chi connectivity index (χ1) is 18.5. The zero-order valence-electron chi connectivity index (χ0n) is 22.6. The van der Waals surface area contributed by atoms with Crippen molar-refractivity contribution in [3.63, 3.8) is 0 Å². The fraction of sp³-hybridized carbons (Fsp3) is 0.667. The van der Waals surface area contributed by atoms with E-state index in [-0.39, 0.29) is 48.6 Å². The number of benzene rings is 1. The van der Waals surface area contributed by atoms with Gasteiger partial charge in [-0.15, -0.1) is 0 Å². The molecule has 0 spiro atoms. The molecule has 206 valence electrons. The summed E-state index contributed by atoms with van der Waals surface area (Å²) in [6.07, 6.45) is 17.2. The van der Waals surface area contributed by atoms with Crippen molar-refractivity contribution in [2.24, 2.45) is 0 Å². The first-order valence-corrected chi connectivity index (χ1v) is 15.0. The maximum Gasteiger partial charge on any atom is 0.292 e. The first-order valence-electron chi connectivity index (χ1n) is 15.0. The monoisotopic (exact) mass is 524 g/mol. The Morgan fingerprint density at radius 3 is 1.16 bits per heavy atom. The van der Waals surface area contributed by atoms with E-state index in [4.69, 9.17) is 0 Å². The van der Waals surface area contributed by atoms with Gasteiger partial charge in [0.15, 0.2) is 12.1 Å². The first kappa shape index (κ1) is 27.0. The number of anilines is 2. The van der Waals surface area contributed by atoms with Crippen LogP contribution in [0.1, 0.15) is 103 Å². The molecule has 4 fully saturated rings. The lowest BCUT2D eigenvalue weighted by atomic mass is 9.96. The third kappa shape index (κ3) is 6.18. The smallest absolute Gasteiger partial charge is 0.292 e. The molecule has 2 aliphatic carbocycles. The summed E-state index contributed by atoms with van der Waals surface area (Å²) < 4.78 is 0. The summed E-state index contributed by atoms with van der Waals surface area (Å²) in [5.41, 5.74) is 1.02. The molecule has 2 atom stereocenters. The largest absolute Gasteiger partial charge is 0.333 e. The van der Waals surface area contributed by atoms with Crippen LogP contribution in [-0.2, 0) is 19.2 Å². The summed E-state index contributed by atoms with van der Waals surface area (Å²) in [5, 5.41) is 4.27. The molecular weight excluding hydrogens is 480 g/mol. The van der Waals surface area contributed by atoms with Crippen LogP contribution >= 0.6 is 0 Å². The third-order valence-corrected chi connectivity index (χ3v) is 9.04. The standard InChI is InChI=1S/C30H42N4O4/c35-27-19-25(31-21-11-7-3-1-4-8-12-21)29(37)33(27)23-15-17-24(18-16-23)34-28(36)20-26(30(34)38)32-22-13-9-5-2-6-10-14-22/h15-18,21-22,25-26,31-32H,1-14,19-20H2/p+2/t25-,26-/m1/s1. The van der Waals surface area contributed by atoms with Crippen LogP contribution in [0.15, 0.2) is 24.3 Å². The lowest BCUT2D eigenvalue weighted by Crippen LogP contribution is -2.96. The van der Waals surface area contributed by atoms with E-state index >= 15 is 0 Å². The number of nitrogens with two attached hydrogens (primary N) is 2. The molecule has 5 rings (SSSR count). The van der Waals surface area contributed by atoms with E-state index in [9.17, 15) is 19.2 Å². The van der Waals surface area contributed by atoms with Crippen molar-refractivity contribution in [3.8, 4) is 0 Å². The molecule has 2 aliphatic heterocycles. The second-order valence-corrected chi connectivity index (χ2v) is 11.9. The number of hydrogen-bond donors (Lipinski definition) is 2. The summed E-state index contributed by atoms with van der Waals surface area (Å²) in [7, 11) is 0. The van der Waals surface area contributed by atoms with Gasteiger partial charge in [0.1, 0.15) is 0 Å². The minimum Gasteiger partial charge on any atom is -0.333 e. The van der Waals surface area contributed by atoms with Gasteiger partial charge in [-0.2, -0.15) is 0 Å². The molecule has 0 radical (unpaired) electrons. The second kappa shape index (κ2) is 12.5. The van der Waals surface area contributed by atoms with Gasteiger partial charge in [0.2, 0.25) is 11.8 Å². The number of amides is 4. The summed E-state index contributed by atoms with van der Waals surface area (Å²) in [6, 6.07) is 6.84. The predicted octanol–water partition coefficient (Wildman–Crippen LogP) is 2.30. The Balaban J connectivity index is 1.21. The van der Waals surface area contributed by atoms with E-state index in [1.54, 1.807) is 24.3 Å². The van der Waals surface area contributed by atoms with Crippen LogP contribution in [0.2, 0.25) is 0 Å². The van der Waals surface area contributed by atoms with Gasteiger partial charge < -0.3 is 10.6 Å². The van der Waals surface area contributed by atoms with Crippen LogP contribution in [0.3, 0.4) is 0 Å². The molecule has 8 nitrogen and oxygen atoms in total. The van der Waals surface area contributed by atoms with Crippen molar-refractivity contribution in [1.82, 2.24) is 0 Å². The quantitative estimate of drug-likeness (QED) is 0.557. The topological polar surface area (TPSA) is 108 Å². The van der Waals surface area contributed by atoms with Crippen LogP contribution < -0.4 is 20.4 Å². The highest BCUT2D eigenvalue weighted by Gasteiger charge is 2.45. The van der Waals surface area contributed by atoms with Crippen molar-refractivity contribution < 1.29 is 29.8 Å². The van der Waals surface area contributed by atoms with Gasteiger partial charge in [-0.1, -0.05) is 38.5 Å². The fourth-order valence-corrected chi connectivity index (χ4v) is 6.92. The second-order valence-electron chi connectivity index (χ2n) is 11.9. The van der Waals surface area contributed by atoms with E-state index in [0.29, 0.717) is 23.5 Å². The SMILES string of the molecule is O=C1C[C@@H]([NH2+]C2CCCCCCC2)C(=O)N1c1ccc(N2C(=O)C[C@@H]([NH2+]C3CCCCCCC3)C2=O)cc1. The Kier molecular flexibility index (Phi) is 8.89. The zero-order chi connectivity index (χ0) is 26.5. The van der Waals surface area contributed by atoms with Crippen molar-refractivity contribution in [3.05, 3.63) is 24.3 Å². The zero-order valence-corrected chi connectivity index (χ0v) is 22.6. The Morgan fingerprint density at radius 1 is 0.500 bits per heavy atom. The molecule has 0 unspecified atom stereocenters. The Labute approximate surface area is 225 Å². The van der Waals surface area contributed by atoms with Gasteiger partial charge in [-0.05, 0) is 75.6 Å². The van der Waals surface area contributed by atoms with Crippen molar-refractivity contribution in [1.29, 1.82) is 0 Å². The number of nitrogens with zero attached hydrogens (tertiary/aromatic N) is 2. The van der Waals surface area contributed by atoms with Gasteiger partial charge in [0.05, 0.1) is 36.3 Å². The average molecular weight is 525 g/mol. The summed E-state index contributed by atoms with van der Waals surface area (Å²) in [6.45, 7) is 0. The van der Waals surface area contributed by atoms with Gasteiger partial charge in [0, 0.05) is 0 Å². The molecule has 4 N–H and O–H groups in total. The lowest BCUT2D eigenvalue weighted by Gasteiger charge is -2.22. The number of rotatable bonds is 6. The molecule has 1 aromatic carbocycles. The highest BCUT2D eigenvalue weighted by molar-refractivity contribution is 6.23. The molecule has 2 saturated carbocycles. The minimum absolute atomic E-state index is 0.160. The van der Waals surface area contributed by atoms with E-state index in [2.05, 4.69) is 10.6 Å². The van der Waals surface area contributed by atoms with Crippen molar-refractivity contribution in [2.45, 2.75) is 127 Å². The fourth-order valence-electron chi connectivity index (χ4n) is 6.92. The predicted molar refractivity (Wildman–Crippen MR) is 144 cm³/mol. The average Bonchev–Trinajstić information content (AvgIpc) is 3.30. The highest BCUT2D eigenvalue weighted by Crippen LogP contribution is 2.28. The van der Waals surface area contributed by atoms with Crippen LogP contribution in [0.5, 0.6) is 0 Å². The summed E-state index contributed by atoms with van der Waals surface area (Å²) >= 11 is 0.